The van der Waals surface area contributed by atoms with Crippen LogP contribution in [-0.4, -0.2) is 11.1 Å². The average molecular weight is 358 g/mol. The number of carboxylic acid groups (broad SMARTS) is 1. The molecule has 0 fully saturated rings. The van der Waals surface area contributed by atoms with Crippen molar-refractivity contribution in [2.24, 2.45) is 0 Å². The Labute approximate surface area is 127 Å². The van der Waals surface area contributed by atoms with Crippen LogP contribution in [0, 0.1) is 11.6 Å². The van der Waals surface area contributed by atoms with Crippen molar-refractivity contribution in [1.82, 2.24) is 0 Å². The fourth-order valence-corrected chi connectivity index (χ4v) is 2.06. The topological polar surface area (TPSA) is 72.6 Å². The predicted molar refractivity (Wildman–Crippen MR) is 76.2 cm³/mol. The van der Waals surface area contributed by atoms with Crippen molar-refractivity contribution in [2.75, 3.05) is 5.73 Å². The molecule has 0 heterocycles. The molecule has 0 saturated carbocycles. The van der Waals surface area contributed by atoms with E-state index < -0.39 is 24.2 Å². The Hall–Kier alpha value is -2.15. The molecule has 3 N–H and O–H groups in total. The van der Waals surface area contributed by atoms with E-state index >= 15 is 0 Å². The molecular weight excluding hydrogens is 348 g/mol. The second-order valence-electron chi connectivity index (χ2n) is 4.17. The van der Waals surface area contributed by atoms with Gasteiger partial charge in [0.25, 0.3) is 0 Å². The molecule has 0 aliphatic rings. The highest BCUT2D eigenvalue weighted by atomic mass is 79.9. The summed E-state index contributed by atoms with van der Waals surface area (Å²) in [6.45, 7) is -0.458. The van der Waals surface area contributed by atoms with Gasteiger partial charge in [-0.05, 0) is 40.2 Å². The van der Waals surface area contributed by atoms with Gasteiger partial charge < -0.3 is 15.6 Å². The number of rotatable bonds is 4. The smallest absolute Gasteiger partial charge is 0.339 e. The molecule has 110 valence electrons. The summed E-state index contributed by atoms with van der Waals surface area (Å²) >= 11 is 2.94. The maximum absolute atomic E-state index is 13.8. The van der Waals surface area contributed by atoms with Crippen LogP contribution in [0.4, 0.5) is 14.5 Å². The summed E-state index contributed by atoms with van der Waals surface area (Å²) in [4.78, 5) is 11.1. The molecule has 21 heavy (non-hydrogen) atoms. The van der Waals surface area contributed by atoms with Crippen LogP contribution >= 0.6 is 15.9 Å². The van der Waals surface area contributed by atoms with Crippen molar-refractivity contribution >= 4 is 27.6 Å². The van der Waals surface area contributed by atoms with E-state index in [0.29, 0.717) is 0 Å². The zero-order chi connectivity index (χ0) is 15.6. The summed E-state index contributed by atoms with van der Waals surface area (Å²) in [6, 6.07) is 6.27. The lowest BCUT2D eigenvalue weighted by Gasteiger charge is -2.11. The number of carbonyl (C=O) groups is 1. The molecule has 0 bridgehead atoms. The minimum absolute atomic E-state index is 0.0544. The number of ether oxygens (including phenoxy) is 1. The van der Waals surface area contributed by atoms with E-state index in [1.165, 1.54) is 24.3 Å². The van der Waals surface area contributed by atoms with Gasteiger partial charge in [0.05, 0.1) is 10.0 Å². The van der Waals surface area contributed by atoms with E-state index in [1.54, 1.807) is 0 Å². The van der Waals surface area contributed by atoms with Gasteiger partial charge in [0.1, 0.15) is 29.6 Å². The summed E-state index contributed by atoms with van der Waals surface area (Å²) < 4.78 is 32.7. The fourth-order valence-electron chi connectivity index (χ4n) is 1.69. The number of carboxylic acids is 1. The number of benzene rings is 2. The third kappa shape index (κ3) is 3.30. The molecule has 0 aliphatic carbocycles. The van der Waals surface area contributed by atoms with Crippen LogP contribution in [0.1, 0.15) is 15.9 Å². The van der Waals surface area contributed by atoms with Crippen LogP contribution in [0.15, 0.2) is 34.8 Å². The fraction of sp³-hybridized carbons (Fsp3) is 0.0714. The lowest BCUT2D eigenvalue weighted by molar-refractivity contribution is 0.0692. The van der Waals surface area contributed by atoms with E-state index in [9.17, 15) is 13.6 Å². The molecule has 0 radical (unpaired) electrons. The first-order chi connectivity index (χ1) is 9.90. The molecule has 0 aromatic heterocycles. The summed E-state index contributed by atoms with van der Waals surface area (Å²) in [7, 11) is 0. The van der Waals surface area contributed by atoms with Crippen LogP contribution < -0.4 is 10.5 Å². The second-order valence-corrected chi connectivity index (χ2v) is 5.03. The molecule has 0 spiro atoms. The maximum Gasteiger partial charge on any atom is 0.339 e. The molecule has 0 atom stereocenters. The highest BCUT2D eigenvalue weighted by molar-refractivity contribution is 9.10. The van der Waals surface area contributed by atoms with Crippen molar-refractivity contribution in [2.45, 2.75) is 6.61 Å². The number of nitrogen functional groups attached to an aromatic ring is 1. The van der Waals surface area contributed by atoms with Crippen molar-refractivity contribution in [3.05, 3.63) is 57.6 Å². The average Bonchev–Trinajstić information content (AvgIpc) is 2.43. The zero-order valence-electron chi connectivity index (χ0n) is 10.6. The summed E-state index contributed by atoms with van der Waals surface area (Å²) in [5.74, 6) is -2.85. The largest absolute Gasteiger partial charge is 0.488 e. The Morgan fingerprint density at radius 3 is 2.67 bits per heavy atom. The van der Waals surface area contributed by atoms with Crippen LogP contribution in [0.5, 0.6) is 5.75 Å². The van der Waals surface area contributed by atoms with Crippen molar-refractivity contribution in [3.63, 3.8) is 0 Å². The van der Waals surface area contributed by atoms with Crippen LogP contribution in [-0.2, 0) is 6.61 Å². The van der Waals surface area contributed by atoms with Gasteiger partial charge in [-0.15, -0.1) is 0 Å². The Balaban J connectivity index is 2.31. The number of nitrogens with two attached hydrogens (primary N) is 1. The first-order valence-corrected chi connectivity index (χ1v) is 6.57. The number of halogens is 3. The molecule has 0 amide bonds. The van der Waals surface area contributed by atoms with Crippen molar-refractivity contribution in [1.29, 1.82) is 0 Å². The third-order valence-electron chi connectivity index (χ3n) is 2.75. The van der Waals surface area contributed by atoms with Crippen LogP contribution in [0.3, 0.4) is 0 Å². The monoisotopic (exact) mass is 357 g/mol. The molecule has 0 saturated heterocycles. The summed E-state index contributed by atoms with van der Waals surface area (Å²) in [6.07, 6.45) is 0. The molecule has 7 heteroatoms. The lowest BCUT2D eigenvalue weighted by atomic mass is 10.1. The van der Waals surface area contributed by atoms with Gasteiger partial charge >= 0.3 is 5.97 Å². The van der Waals surface area contributed by atoms with Gasteiger partial charge in [-0.25, -0.2) is 13.6 Å². The first-order valence-electron chi connectivity index (χ1n) is 5.78. The van der Waals surface area contributed by atoms with Gasteiger partial charge in [0.2, 0.25) is 0 Å². The van der Waals surface area contributed by atoms with Gasteiger partial charge in [0.15, 0.2) is 0 Å². The molecule has 0 aliphatic heterocycles. The van der Waals surface area contributed by atoms with E-state index in [4.69, 9.17) is 15.6 Å². The van der Waals surface area contributed by atoms with E-state index in [2.05, 4.69) is 15.9 Å². The van der Waals surface area contributed by atoms with E-state index in [1.807, 2.05) is 0 Å². The predicted octanol–water partition coefficient (Wildman–Crippen LogP) is 3.59. The van der Waals surface area contributed by atoms with Crippen molar-refractivity contribution in [3.8, 4) is 5.75 Å². The quantitative estimate of drug-likeness (QED) is 0.647. The molecule has 2 aromatic carbocycles. The number of hydrogen-bond donors (Lipinski definition) is 2. The minimum Gasteiger partial charge on any atom is -0.488 e. The Morgan fingerprint density at radius 1 is 1.29 bits per heavy atom. The van der Waals surface area contributed by atoms with Gasteiger partial charge in [-0.3, -0.25) is 0 Å². The highest BCUT2D eigenvalue weighted by Crippen LogP contribution is 2.26. The second kappa shape index (κ2) is 6.09. The maximum atomic E-state index is 13.8. The SMILES string of the molecule is Nc1ccc(C(=O)O)c(OCc2c(F)ccc(Br)c2F)c1. The Bertz CT molecular complexity index is 707. The summed E-state index contributed by atoms with van der Waals surface area (Å²) in [5.41, 5.74) is 5.39. The highest BCUT2D eigenvalue weighted by Gasteiger charge is 2.16. The van der Waals surface area contributed by atoms with Gasteiger partial charge in [-0.1, -0.05) is 0 Å². The van der Waals surface area contributed by atoms with E-state index in [-0.39, 0.29) is 27.0 Å². The first kappa shape index (κ1) is 15.2. The normalized spacial score (nSPS) is 10.4. The molecule has 2 rings (SSSR count). The van der Waals surface area contributed by atoms with Crippen LogP contribution in [0.25, 0.3) is 0 Å². The van der Waals surface area contributed by atoms with Gasteiger partial charge in [0, 0.05) is 11.8 Å². The zero-order valence-corrected chi connectivity index (χ0v) is 12.2. The lowest BCUT2D eigenvalue weighted by Crippen LogP contribution is -2.07. The van der Waals surface area contributed by atoms with Crippen molar-refractivity contribution < 1.29 is 23.4 Å². The number of hydrogen-bond acceptors (Lipinski definition) is 3. The molecule has 2 aromatic rings. The number of anilines is 1. The Kier molecular flexibility index (Phi) is 4.42. The summed E-state index contributed by atoms with van der Waals surface area (Å²) in [5, 5.41) is 9.03. The Morgan fingerprint density at radius 2 is 2.00 bits per heavy atom. The molecule has 4 nitrogen and oxygen atoms in total. The molecule has 0 unspecified atom stereocenters. The van der Waals surface area contributed by atoms with Crippen LogP contribution in [0.2, 0.25) is 0 Å². The third-order valence-corrected chi connectivity index (χ3v) is 3.36. The van der Waals surface area contributed by atoms with E-state index in [0.717, 1.165) is 6.07 Å². The number of aromatic carboxylic acids is 1. The van der Waals surface area contributed by atoms with Gasteiger partial charge in [-0.2, -0.15) is 0 Å². The molecular formula is C14H10BrF2NO3. The minimum atomic E-state index is -1.22. The standard InChI is InChI=1S/C14H10BrF2NO3/c15-10-3-4-11(16)9(13(10)17)6-21-12-5-7(18)1-2-8(12)14(19)20/h1-5H,6,18H2,(H,19,20).